The molecule has 6 nitrogen and oxygen atoms in total. The number of aliphatic hydroxyl groups is 1. The fraction of sp³-hybridized carbons (Fsp3) is 0.412. The summed E-state index contributed by atoms with van der Waals surface area (Å²) in [4.78, 5) is 0. The lowest BCUT2D eigenvalue weighted by Gasteiger charge is -2.35. The summed E-state index contributed by atoms with van der Waals surface area (Å²) in [5.74, 6) is 0.682. The lowest BCUT2D eigenvalue weighted by Crippen LogP contribution is -2.48. The molecule has 0 radical (unpaired) electrons. The third-order valence-electron chi connectivity index (χ3n) is 4.59. The zero-order valence-electron chi connectivity index (χ0n) is 13.7. The number of benzene rings is 1. The van der Waals surface area contributed by atoms with E-state index in [0.29, 0.717) is 30.7 Å². The molecule has 130 valence electrons. The Morgan fingerprint density at radius 3 is 2.58 bits per heavy atom. The van der Waals surface area contributed by atoms with Crippen molar-refractivity contribution in [2.75, 3.05) is 13.7 Å². The first-order valence-electron chi connectivity index (χ1n) is 7.79. The van der Waals surface area contributed by atoms with E-state index < -0.39 is 21.7 Å². The van der Waals surface area contributed by atoms with Crippen molar-refractivity contribution in [3.63, 3.8) is 0 Å². The SMILES string of the molecule is COc1ccc([C@@](C)(O)[C@H]2CCCN2S(=O)(=O)c2ccco2)cc1. The number of nitrogens with zero attached hydrogens (tertiary/aromatic N) is 1. The van der Waals surface area contributed by atoms with Crippen LogP contribution in [0.4, 0.5) is 0 Å². The molecule has 0 amide bonds. The predicted octanol–water partition coefficient (Wildman–Crippen LogP) is 2.35. The zero-order chi connectivity index (χ0) is 17.4. The van der Waals surface area contributed by atoms with Crippen LogP contribution in [0, 0.1) is 0 Å². The van der Waals surface area contributed by atoms with Gasteiger partial charge in [0.2, 0.25) is 5.09 Å². The minimum Gasteiger partial charge on any atom is -0.497 e. The van der Waals surface area contributed by atoms with E-state index in [1.165, 1.54) is 16.6 Å². The van der Waals surface area contributed by atoms with Crippen LogP contribution in [0.25, 0.3) is 0 Å². The van der Waals surface area contributed by atoms with Crippen LogP contribution in [0.15, 0.2) is 52.2 Å². The van der Waals surface area contributed by atoms with Crippen molar-refractivity contribution in [2.24, 2.45) is 0 Å². The minimum absolute atomic E-state index is 0.0973. The topological polar surface area (TPSA) is 80.0 Å². The van der Waals surface area contributed by atoms with Gasteiger partial charge in [0.1, 0.15) is 11.4 Å². The van der Waals surface area contributed by atoms with Crippen molar-refractivity contribution in [2.45, 2.75) is 36.5 Å². The van der Waals surface area contributed by atoms with Crippen LogP contribution in [0.2, 0.25) is 0 Å². The molecule has 0 unspecified atom stereocenters. The number of ether oxygens (including phenoxy) is 1. The third kappa shape index (κ3) is 2.83. The summed E-state index contributed by atoms with van der Waals surface area (Å²) >= 11 is 0. The van der Waals surface area contributed by atoms with Crippen molar-refractivity contribution < 1.29 is 22.7 Å². The second kappa shape index (κ2) is 6.23. The van der Waals surface area contributed by atoms with E-state index in [1.807, 2.05) is 0 Å². The van der Waals surface area contributed by atoms with Gasteiger partial charge < -0.3 is 14.3 Å². The van der Waals surface area contributed by atoms with Crippen LogP contribution in [-0.4, -0.2) is 37.5 Å². The van der Waals surface area contributed by atoms with Gasteiger partial charge in [0.15, 0.2) is 0 Å². The predicted molar refractivity (Wildman–Crippen MR) is 88.2 cm³/mol. The Morgan fingerprint density at radius 2 is 2.00 bits per heavy atom. The second-order valence-corrected chi connectivity index (χ2v) is 7.90. The molecule has 0 bridgehead atoms. The van der Waals surface area contributed by atoms with E-state index in [4.69, 9.17) is 9.15 Å². The van der Waals surface area contributed by atoms with Crippen molar-refractivity contribution in [3.05, 3.63) is 48.2 Å². The van der Waals surface area contributed by atoms with Crippen LogP contribution in [-0.2, 0) is 15.6 Å². The van der Waals surface area contributed by atoms with Gasteiger partial charge >= 0.3 is 0 Å². The van der Waals surface area contributed by atoms with E-state index >= 15 is 0 Å². The number of hydrogen-bond acceptors (Lipinski definition) is 5. The molecule has 7 heteroatoms. The van der Waals surface area contributed by atoms with Crippen LogP contribution in [0.5, 0.6) is 5.75 Å². The van der Waals surface area contributed by atoms with Crippen LogP contribution in [0.3, 0.4) is 0 Å². The molecule has 1 aliphatic heterocycles. The van der Waals surface area contributed by atoms with E-state index in [1.54, 1.807) is 44.4 Å². The number of sulfonamides is 1. The van der Waals surface area contributed by atoms with Crippen LogP contribution < -0.4 is 4.74 Å². The molecule has 1 N–H and O–H groups in total. The summed E-state index contributed by atoms with van der Waals surface area (Å²) in [5, 5.41) is 11.0. The molecule has 1 aromatic carbocycles. The highest BCUT2D eigenvalue weighted by molar-refractivity contribution is 7.89. The summed E-state index contributed by atoms with van der Waals surface area (Å²) in [6, 6.07) is 9.44. The molecule has 3 rings (SSSR count). The van der Waals surface area contributed by atoms with Gasteiger partial charge in [0, 0.05) is 6.54 Å². The number of furan rings is 1. The van der Waals surface area contributed by atoms with Gasteiger partial charge in [-0.3, -0.25) is 0 Å². The molecule has 1 fully saturated rings. The Bertz CT molecular complexity index is 781. The molecule has 0 spiro atoms. The summed E-state index contributed by atoms with van der Waals surface area (Å²) < 4.78 is 37.1. The van der Waals surface area contributed by atoms with Gasteiger partial charge in [0.05, 0.1) is 19.4 Å². The maximum atomic E-state index is 12.8. The molecule has 0 saturated carbocycles. The molecule has 2 aromatic rings. The maximum Gasteiger partial charge on any atom is 0.276 e. The molecule has 2 heterocycles. The van der Waals surface area contributed by atoms with Gasteiger partial charge in [-0.15, -0.1) is 0 Å². The monoisotopic (exact) mass is 351 g/mol. The largest absolute Gasteiger partial charge is 0.497 e. The summed E-state index contributed by atoms with van der Waals surface area (Å²) in [5.41, 5.74) is -0.669. The van der Waals surface area contributed by atoms with Crippen molar-refractivity contribution in [3.8, 4) is 5.75 Å². The van der Waals surface area contributed by atoms with Gasteiger partial charge in [-0.1, -0.05) is 12.1 Å². The van der Waals surface area contributed by atoms with Gasteiger partial charge in [-0.05, 0) is 49.6 Å². The summed E-state index contributed by atoms with van der Waals surface area (Å²) in [6.07, 6.45) is 2.61. The molecular formula is C17H21NO5S. The molecule has 0 aliphatic carbocycles. The summed E-state index contributed by atoms with van der Waals surface area (Å²) in [6.45, 7) is 2.01. The first-order valence-corrected chi connectivity index (χ1v) is 9.23. The minimum atomic E-state index is -3.77. The second-order valence-electron chi connectivity index (χ2n) is 6.08. The normalized spacial score (nSPS) is 21.5. The Hall–Kier alpha value is -1.83. The lowest BCUT2D eigenvalue weighted by molar-refractivity contribution is -0.000976. The Balaban J connectivity index is 1.94. The summed E-state index contributed by atoms with van der Waals surface area (Å²) in [7, 11) is -2.20. The molecular weight excluding hydrogens is 330 g/mol. The van der Waals surface area contributed by atoms with Gasteiger partial charge in [-0.25, -0.2) is 8.42 Å². The Kier molecular flexibility index (Phi) is 4.42. The fourth-order valence-corrected chi connectivity index (χ4v) is 4.91. The average molecular weight is 351 g/mol. The van der Waals surface area contributed by atoms with E-state index in [9.17, 15) is 13.5 Å². The molecule has 2 atom stereocenters. The lowest BCUT2D eigenvalue weighted by atomic mass is 9.87. The number of rotatable bonds is 5. The van der Waals surface area contributed by atoms with E-state index in [2.05, 4.69) is 0 Å². The molecule has 1 aliphatic rings. The highest BCUT2D eigenvalue weighted by Gasteiger charge is 2.46. The van der Waals surface area contributed by atoms with E-state index in [0.717, 1.165) is 0 Å². The Morgan fingerprint density at radius 1 is 1.29 bits per heavy atom. The standard InChI is InChI=1S/C17H21NO5S/c1-17(19,13-7-9-14(22-2)10-8-13)15-5-3-11-18(15)24(20,21)16-6-4-12-23-16/h4,6-10,12,15,19H,3,5,11H2,1-2H3/t15-,17-/m1/s1. The van der Waals surface area contributed by atoms with Crippen LogP contribution >= 0.6 is 0 Å². The molecule has 24 heavy (non-hydrogen) atoms. The molecule has 1 saturated heterocycles. The smallest absolute Gasteiger partial charge is 0.276 e. The van der Waals surface area contributed by atoms with Gasteiger partial charge in [0.25, 0.3) is 10.0 Å². The van der Waals surface area contributed by atoms with E-state index in [-0.39, 0.29) is 5.09 Å². The Labute approximate surface area is 141 Å². The van der Waals surface area contributed by atoms with Crippen molar-refractivity contribution in [1.29, 1.82) is 0 Å². The molecule has 1 aromatic heterocycles. The number of hydrogen-bond donors (Lipinski definition) is 1. The fourth-order valence-electron chi connectivity index (χ4n) is 3.24. The first-order chi connectivity index (χ1) is 11.4. The highest BCUT2D eigenvalue weighted by atomic mass is 32.2. The number of methoxy groups -OCH3 is 1. The first kappa shape index (κ1) is 17.0. The average Bonchev–Trinajstić information content (AvgIpc) is 3.26. The quantitative estimate of drug-likeness (QED) is 0.894. The van der Waals surface area contributed by atoms with Crippen molar-refractivity contribution >= 4 is 10.0 Å². The van der Waals surface area contributed by atoms with Gasteiger partial charge in [-0.2, -0.15) is 4.31 Å². The van der Waals surface area contributed by atoms with Crippen LogP contribution in [0.1, 0.15) is 25.3 Å². The maximum absolute atomic E-state index is 12.8. The van der Waals surface area contributed by atoms with Crippen molar-refractivity contribution in [1.82, 2.24) is 4.31 Å². The highest BCUT2D eigenvalue weighted by Crippen LogP contribution is 2.38. The zero-order valence-corrected chi connectivity index (χ0v) is 14.5. The third-order valence-corrected chi connectivity index (χ3v) is 6.38.